The number of halogens is 3. The third-order valence-electron chi connectivity index (χ3n) is 2.20. The van der Waals surface area contributed by atoms with Crippen LogP contribution < -0.4 is 5.32 Å². The molecule has 0 aromatic heterocycles. The minimum Gasteiger partial charge on any atom is -0.382 e. The van der Waals surface area contributed by atoms with Crippen LogP contribution in [0.3, 0.4) is 0 Å². The summed E-state index contributed by atoms with van der Waals surface area (Å²) in [5.74, 6) is -0.359. The molecule has 1 aromatic rings. The predicted molar refractivity (Wildman–Crippen MR) is 76.5 cm³/mol. The van der Waals surface area contributed by atoms with Gasteiger partial charge in [0.2, 0.25) is 0 Å². The molecule has 4 nitrogen and oxygen atoms in total. The molecule has 0 bridgehead atoms. The highest BCUT2D eigenvalue weighted by atomic mass is 35.5. The quantitative estimate of drug-likeness (QED) is 0.784. The molecule has 0 atom stereocenters. The molecule has 0 saturated carbocycles. The van der Waals surface area contributed by atoms with Crippen molar-refractivity contribution in [3.05, 3.63) is 32.8 Å². The van der Waals surface area contributed by atoms with Gasteiger partial charge in [-0.2, -0.15) is 0 Å². The van der Waals surface area contributed by atoms with Crippen LogP contribution in [0, 0.1) is 0 Å². The van der Waals surface area contributed by atoms with Gasteiger partial charge in [0.05, 0.1) is 35.4 Å². The van der Waals surface area contributed by atoms with Gasteiger partial charge in [0.15, 0.2) is 0 Å². The van der Waals surface area contributed by atoms with Gasteiger partial charge in [0.25, 0.3) is 5.91 Å². The van der Waals surface area contributed by atoms with E-state index in [4.69, 9.17) is 44.3 Å². The molecular formula is C12H14Cl3NO3. The molecule has 7 heteroatoms. The number of amides is 1. The molecule has 106 valence electrons. The average Bonchev–Trinajstić information content (AvgIpc) is 2.32. The summed E-state index contributed by atoms with van der Waals surface area (Å²) in [6.45, 7) is 1.74. The van der Waals surface area contributed by atoms with Crippen LogP contribution in [0.4, 0.5) is 0 Å². The van der Waals surface area contributed by atoms with E-state index in [0.29, 0.717) is 31.4 Å². The maximum Gasteiger partial charge on any atom is 0.254 e. The first kappa shape index (κ1) is 16.5. The van der Waals surface area contributed by atoms with Gasteiger partial charge >= 0.3 is 0 Å². The van der Waals surface area contributed by atoms with Crippen molar-refractivity contribution in [1.82, 2.24) is 5.32 Å². The SMILES string of the molecule is COCCOCCNC(=O)c1c(Cl)cc(Cl)cc1Cl. The van der Waals surface area contributed by atoms with Gasteiger partial charge in [-0.15, -0.1) is 0 Å². The maximum atomic E-state index is 11.9. The summed E-state index contributed by atoms with van der Waals surface area (Å²) in [5.41, 5.74) is 0.213. The van der Waals surface area contributed by atoms with E-state index < -0.39 is 0 Å². The molecule has 0 heterocycles. The molecule has 1 aromatic carbocycles. The number of methoxy groups -OCH3 is 1. The summed E-state index contributed by atoms with van der Waals surface area (Å²) >= 11 is 17.6. The highest BCUT2D eigenvalue weighted by Gasteiger charge is 2.15. The minimum atomic E-state index is -0.359. The monoisotopic (exact) mass is 325 g/mol. The van der Waals surface area contributed by atoms with Crippen molar-refractivity contribution in [2.75, 3.05) is 33.5 Å². The van der Waals surface area contributed by atoms with Crippen LogP contribution in [0.15, 0.2) is 12.1 Å². The first-order valence-corrected chi connectivity index (χ1v) is 6.69. The molecule has 1 N–H and O–H groups in total. The number of rotatable bonds is 7. The van der Waals surface area contributed by atoms with E-state index in [1.54, 1.807) is 7.11 Å². The second kappa shape index (κ2) is 8.61. The number of ether oxygens (including phenoxy) is 2. The smallest absolute Gasteiger partial charge is 0.254 e. The molecule has 0 aliphatic rings. The predicted octanol–water partition coefficient (Wildman–Crippen LogP) is 3.04. The van der Waals surface area contributed by atoms with Crippen molar-refractivity contribution in [2.24, 2.45) is 0 Å². The van der Waals surface area contributed by atoms with Crippen LogP contribution in [0.25, 0.3) is 0 Å². The Labute approximate surface area is 126 Å². The molecule has 0 aliphatic carbocycles. The number of benzene rings is 1. The molecule has 19 heavy (non-hydrogen) atoms. The Morgan fingerprint density at radius 1 is 1.16 bits per heavy atom. The van der Waals surface area contributed by atoms with E-state index in [0.717, 1.165) is 0 Å². The summed E-state index contributed by atoms with van der Waals surface area (Å²) in [4.78, 5) is 11.9. The normalized spacial score (nSPS) is 10.5. The van der Waals surface area contributed by atoms with Crippen LogP contribution in [0.5, 0.6) is 0 Å². The summed E-state index contributed by atoms with van der Waals surface area (Å²) < 4.78 is 10.0. The van der Waals surface area contributed by atoms with Gasteiger partial charge in [0, 0.05) is 18.7 Å². The van der Waals surface area contributed by atoms with Crippen LogP contribution in [0.1, 0.15) is 10.4 Å². The maximum absolute atomic E-state index is 11.9. The Bertz CT molecular complexity index is 417. The standard InChI is InChI=1S/C12H14Cl3NO3/c1-18-4-5-19-3-2-16-12(17)11-9(14)6-8(13)7-10(11)15/h6-7H,2-5H2,1H3,(H,16,17). The van der Waals surface area contributed by atoms with E-state index in [-0.39, 0.29) is 21.5 Å². The van der Waals surface area contributed by atoms with Gasteiger partial charge in [-0.05, 0) is 12.1 Å². The lowest BCUT2D eigenvalue weighted by molar-refractivity contribution is 0.0693. The Morgan fingerprint density at radius 3 is 2.37 bits per heavy atom. The van der Waals surface area contributed by atoms with Crippen LogP contribution in [-0.4, -0.2) is 39.4 Å². The van der Waals surface area contributed by atoms with Gasteiger partial charge < -0.3 is 14.8 Å². The van der Waals surface area contributed by atoms with Gasteiger partial charge in [0.1, 0.15) is 0 Å². The zero-order chi connectivity index (χ0) is 14.3. The van der Waals surface area contributed by atoms with Crippen molar-refractivity contribution < 1.29 is 14.3 Å². The van der Waals surface area contributed by atoms with Gasteiger partial charge in [-0.1, -0.05) is 34.8 Å². The number of nitrogens with one attached hydrogen (secondary N) is 1. The van der Waals surface area contributed by atoms with E-state index >= 15 is 0 Å². The fraction of sp³-hybridized carbons (Fsp3) is 0.417. The lowest BCUT2D eigenvalue weighted by Gasteiger charge is -2.09. The second-order valence-corrected chi connectivity index (χ2v) is 4.86. The molecule has 0 unspecified atom stereocenters. The van der Waals surface area contributed by atoms with Crippen molar-refractivity contribution in [1.29, 1.82) is 0 Å². The van der Waals surface area contributed by atoms with Crippen LogP contribution in [-0.2, 0) is 9.47 Å². The van der Waals surface area contributed by atoms with Crippen molar-refractivity contribution >= 4 is 40.7 Å². The fourth-order valence-electron chi connectivity index (χ4n) is 1.33. The van der Waals surface area contributed by atoms with Crippen molar-refractivity contribution in [2.45, 2.75) is 0 Å². The lowest BCUT2D eigenvalue weighted by Crippen LogP contribution is -2.28. The second-order valence-electron chi connectivity index (χ2n) is 3.61. The number of hydrogen-bond acceptors (Lipinski definition) is 3. The molecule has 0 fully saturated rings. The van der Waals surface area contributed by atoms with Crippen molar-refractivity contribution in [3.63, 3.8) is 0 Å². The molecular weight excluding hydrogens is 312 g/mol. The summed E-state index contributed by atoms with van der Waals surface area (Å²) in [6, 6.07) is 2.94. The minimum absolute atomic E-state index is 0.213. The highest BCUT2D eigenvalue weighted by Crippen LogP contribution is 2.28. The van der Waals surface area contributed by atoms with E-state index in [9.17, 15) is 4.79 Å². The molecule has 0 radical (unpaired) electrons. The largest absolute Gasteiger partial charge is 0.382 e. The van der Waals surface area contributed by atoms with Crippen LogP contribution >= 0.6 is 34.8 Å². The molecule has 0 saturated heterocycles. The summed E-state index contributed by atoms with van der Waals surface area (Å²) in [7, 11) is 1.59. The van der Waals surface area contributed by atoms with Gasteiger partial charge in [-0.3, -0.25) is 4.79 Å². The summed E-state index contributed by atoms with van der Waals surface area (Å²) in [5, 5.41) is 3.48. The Kier molecular flexibility index (Phi) is 7.49. The zero-order valence-corrected chi connectivity index (χ0v) is 12.6. The van der Waals surface area contributed by atoms with E-state index in [1.165, 1.54) is 12.1 Å². The summed E-state index contributed by atoms with van der Waals surface area (Å²) in [6.07, 6.45) is 0. The van der Waals surface area contributed by atoms with E-state index in [2.05, 4.69) is 5.32 Å². The first-order chi connectivity index (χ1) is 9.06. The number of hydrogen-bond donors (Lipinski definition) is 1. The zero-order valence-electron chi connectivity index (χ0n) is 10.3. The lowest BCUT2D eigenvalue weighted by atomic mass is 10.2. The number of carbonyl (C=O) groups excluding carboxylic acids is 1. The fourth-order valence-corrected chi connectivity index (χ4v) is 2.32. The Hall–Kier alpha value is -0.520. The molecule has 1 amide bonds. The van der Waals surface area contributed by atoms with Crippen LogP contribution in [0.2, 0.25) is 15.1 Å². The van der Waals surface area contributed by atoms with E-state index in [1.807, 2.05) is 0 Å². The first-order valence-electron chi connectivity index (χ1n) is 5.55. The van der Waals surface area contributed by atoms with Gasteiger partial charge in [-0.25, -0.2) is 0 Å². The average molecular weight is 327 g/mol. The Balaban J connectivity index is 2.46. The molecule has 1 rings (SSSR count). The Morgan fingerprint density at radius 2 is 1.79 bits per heavy atom. The van der Waals surface area contributed by atoms with Crippen molar-refractivity contribution in [3.8, 4) is 0 Å². The number of carbonyl (C=O) groups is 1. The highest BCUT2D eigenvalue weighted by molar-refractivity contribution is 6.42. The third-order valence-corrected chi connectivity index (χ3v) is 3.01. The third kappa shape index (κ3) is 5.55. The topological polar surface area (TPSA) is 47.6 Å². The molecule has 0 spiro atoms. The molecule has 0 aliphatic heterocycles.